The number of nitrogens with zero attached hydrogens (tertiary/aromatic N) is 1. The number of nitrogens with one attached hydrogen (secondary N) is 1. The normalized spacial score (nSPS) is 14.3. The van der Waals surface area contributed by atoms with Gasteiger partial charge in [0.05, 0.1) is 6.42 Å². The average Bonchev–Trinajstić information content (AvgIpc) is 3.53. The summed E-state index contributed by atoms with van der Waals surface area (Å²) in [6.45, 7) is -0.209. The van der Waals surface area contributed by atoms with Crippen LogP contribution in [-0.4, -0.2) is 29.9 Å². The van der Waals surface area contributed by atoms with E-state index in [1.165, 1.54) is 17.6 Å². The Morgan fingerprint density at radius 3 is 2.17 bits per heavy atom. The summed E-state index contributed by atoms with van der Waals surface area (Å²) in [6.07, 6.45) is 0.879. The van der Waals surface area contributed by atoms with Crippen LogP contribution in [-0.2, 0) is 27.8 Å². The minimum Gasteiger partial charge on any atom is -0.289 e. The molecule has 0 bridgehead atoms. The van der Waals surface area contributed by atoms with Crippen LogP contribution >= 0.6 is 0 Å². The molecule has 6 nitrogen and oxygen atoms in total. The minimum absolute atomic E-state index is 0.0965. The molecule has 1 aliphatic carbocycles. The Hall–Kier alpha value is -2.50. The van der Waals surface area contributed by atoms with E-state index in [1.54, 1.807) is 12.1 Å². The van der Waals surface area contributed by atoms with Gasteiger partial charge >= 0.3 is 0 Å². The lowest BCUT2D eigenvalue weighted by Crippen LogP contribution is -2.33. The maximum absolute atomic E-state index is 14.1. The molecule has 29 heavy (non-hydrogen) atoms. The predicted octanol–water partition coefficient (Wildman–Crippen LogP) is 2.64. The molecule has 2 N–H and O–H groups in total. The molecule has 1 amide bonds. The lowest BCUT2D eigenvalue weighted by molar-refractivity contribution is -0.128. The van der Waals surface area contributed by atoms with E-state index < -0.39 is 50.1 Å². The molecule has 0 heterocycles. The molecule has 0 atom stereocenters. The van der Waals surface area contributed by atoms with Gasteiger partial charge in [-0.3, -0.25) is 10.0 Å². The van der Waals surface area contributed by atoms with Crippen LogP contribution in [0.3, 0.4) is 0 Å². The van der Waals surface area contributed by atoms with Gasteiger partial charge < -0.3 is 0 Å². The molecule has 2 aromatic carbocycles. The maximum atomic E-state index is 14.1. The zero-order valence-electron chi connectivity index (χ0n) is 14.8. The molecule has 1 fully saturated rings. The van der Waals surface area contributed by atoms with Crippen molar-refractivity contribution in [2.24, 2.45) is 0 Å². The molecule has 1 aliphatic rings. The van der Waals surface area contributed by atoms with E-state index in [-0.39, 0.29) is 19.0 Å². The van der Waals surface area contributed by atoms with Crippen LogP contribution in [0.25, 0.3) is 0 Å². The first kappa shape index (κ1) is 21.2. The lowest BCUT2D eigenvalue weighted by Gasteiger charge is -2.22. The van der Waals surface area contributed by atoms with E-state index >= 15 is 0 Å². The zero-order chi connectivity index (χ0) is 21.3. The van der Waals surface area contributed by atoms with Crippen molar-refractivity contribution in [1.29, 1.82) is 0 Å². The van der Waals surface area contributed by atoms with E-state index in [1.807, 2.05) is 0 Å². The van der Waals surface area contributed by atoms with E-state index in [4.69, 9.17) is 5.21 Å². The molecule has 0 spiro atoms. The Bertz CT molecular complexity index is 1040. The quantitative estimate of drug-likeness (QED) is 0.232. The van der Waals surface area contributed by atoms with Crippen LogP contribution in [0.1, 0.15) is 24.0 Å². The monoisotopic (exact) mass is 432 g/mol. The Morgan fingerprint density at radius 1 is 1.03 bits per heavy atom. The lowest BCUT2D eigenvalue weighted by atomic mass is 10.1. The smallest absolute Gasteiger partial charge is 0.247 e. The van der Waals surface area contributed by atoms with E-state index in [0.717, 1.165) is 4.31 Å². The number of sulfonamides is 1. The molecule has 156 valence electrons. The Kier molecular flexibility index (Phi) is 5.92. The van der Waals surface area contributed by atoms with Crippen molar-refractivity contribution in [2.45, 2.75) is 36.7 Å². The van der Waals surface area contributed by atoms with Crippen molar-refractivity contribution < 1.29 is 36.0 Å². The van der Waals surface area contributed by atoms with Crippen LogP contribution in [0.15, 0.2) is 35.2 Å². The van der Waals surface area contributed by atoms with Gasteiger partial charge in [-0.05, 0) is 24.0 Å². The second-order valence-electron chi connectivity index (χ2n) is 6.61. The van der Waals surface area contributed by atoms with Gasteiger partial charge in [0.25, 0.3) is 0 Å². The molecule has 0 radical (unpaired) electrons. The molecule has 2 aromatic rings. The Labute approximate surface area is 163 Å². The molecule has 0 saturated heterocycles. The molecular weight excluding hydrogens is 416 g/mol. The summed E-state index contributed by atoms with van der Waals surface area (Å²) in [4.78, 5) is 9.90. The summed E-state index contributed by atoms with van der Waals surface area (Å²) in [5.41, 5.74) is 2.52. The number of hydrogen-bond donors (Lipinski definition) is 2. The summed E-state index contributed by atoms with van der Waals surface area (Å²) in [6, 6.07) is 5.81. The van der Waals surface area contributed by atoms with E-state index in [2.05, 4.69) is 0 Å². The van der Waals surface area contributed by atoms with Crippen molar-refractivity contribution >= 4 is 15.9 Å². The van der Waals surface area contributed by atoms with Crippen LogP contribution in [0.5, 0.6) is 0 Å². The van der Waals surface area contributed by atoms with Gasteiger partial charge in [0.2, 0.25) is 15.9 Å². The number of amides is 1. The molecule has 0 aliphatic heterocycles. The van der Waals surface area contributed by atoms with Crippen LogP contribution in [0.2, 0.25) is 0 Å². The number of rotatable bonds is 7. The largest absolute Gasteiger partial charge is 0.289 e. The first-order chi connectivity index (χ1) is 13.6. The second kappa shape index (κ2) is 8.09. The van der Waals surface area contributed by atoms with Crippen molar-refractivity contribution in [3.05, 3.63) is 64.7 Å². The third kappa shape index (κ3) is 4.41. The maximum Gasteiger partial charge on any atom is 0.247 e. The van der Waals surface area contributed by atoms with Gasteiger partial charge in [0.15, 0.2) is 23.3 Å². The van der Waals surface area contributed by atoms with Crippen molar-refractivity contribution in [3.8, 4) is 0 Å². The molecule has 1 saturated carbocycles. The predicted molar refractivity (Wildman–Crippen MR) is 92.1 cm³/mol. The van der Waals surface area contributed by atoms with Crippen LogP contribution in [0, 0.1) is 23.3 Å². The summed E-state index contributed by atoms with van der Waals surface area (Å²) in [7, 11) is -4.65. The molecule has 3 rings (SSSR count). The van der Waals surface area contributed by atoms with Crippen molar-refractivity contribution in [3.63, 3.8) is 0 Å². The van der Waals surface area contributed by atoms with Gasteiger partial charge in [0.1, 0.15) is 4.90 Å². The molecule has 11 heteroatoms. The average molecular weight is 432 g/mol. The van der Waals surface area contributed by atoms with Gasteiger partial charge in [-0.25, -0.2) is 31.5 Å². The highest BCUT2D eigenvalue weighted by molar-refractivity contribution is 7.89. The first-order valence-corrected chi connectivity index (χ1v) is 9.94. The summed E-state index contributed by atoms with van der Waals surface area (Å²) in [5.74, 6) is -8.67. The fourth-order valence-electron chi connectivity index (χ4n) is 2.81. The third-order valence-corrected chi connectivity index (χ3v) is 6.36. The van der Waals surface area contributed by atoms with Crippen molar-refractivity contribution in [1.82, 2.24) is 9.79 Å². The van der Waals surface area contributed by atoms with Gasteiger partial charge in [-0.1, -0.05) is 24.3 Å². The van der Waals surface area contributed by atoms with Crippen LogP contribution in [0.4, 0.5) is 17.6 Å². The summed E-state index contributed by atoms with van der Waals surface area (Å²) >= 11 is 0. The van der Waals surface area contributed by atoms with Crippen molar-refractivity contribution in [2.75, 3.05) is 0 Å². The number of benzene rings is 2. The number of hydrogen-bond acceptors (Lipinski definition) is 4. The van der Waals surface area contributed by atoms with Gasteiger partial charge in [-0.2, -0.15) is 4.31 Å². The fourth-order valence-corrected chi connectivity index (χ4v) is 4.55. The van der Waals surface area contributed by atoms with E-state index in [9.17, 15) is 30.8 Å². The van der Waals surface area contributed by atoms with E-state index in [0.29, 0.717) is 24.0 Å². The van der Waals surface area contributed by atoms with Crippen LogP contribution < -0.4 is 5.48 Å². The highest BCUT2D eigenvalue weighted by Crippen LogP contribution is 2.35. The molecule has 0 unspecified atom stereocenters. The molecule has 0 aromatic heterocycles. The SMILES string of the molecule is O=C(Cc1ccc(CN(C2CC2)S(=O)(=O)c2cc(F)c(F)c(F)c2F)cc1)NO. The zero-order valence-corrected chi connectivity index (χ0v) is 15.6. The Balaban J connectivity index is 1.90. The summed E-state index contributed by atoms with van der Waals surface area (Å²) < 4.78 is 81.0. The highest BCUT2D eigenvalue weighted by Gasteiger charge is 2.40. The second-order valence-corrected chi connectivity index (χ2v) is 8.47. The topological polar surface area (TPSA) is 86.7 Å². The van der Waals surface area contributed by atoms with Gasteiger partial charge in [0, 0.05) is 18.7 Å². The molecular formula is C18H16F4N2O4S. The summed E-state index contributed by atoms with van der Waals surface area (Å²) in [5, 5.41) is 8.53. The highest BCUT2D eigenvalue weighted by atomic mass is 32.2. The number of hydroxylamine groups is 1. The Morgan fingerprint density at radius 2 is 1.62 bits per heavy atom. The standard InChI is InChI=1S/C18H16F4N2O4S/c19-13-8-14(17(21)18(22)16(13)20)29(27,28)24(12-5-6-12)9-11-3-1-10(2-4-11)7-15(25)23-26/h1-4,8,12,26H,5-7,9H2,(H,23,25). The fraction of sp³-hybridized carbons (Fsp3) is 0.278. The van der Waals surface area contributed by atoms with Gasteiger partial charge in [-0.15, -0.1) is 0 Å². The number of carbonyl (C=O) groups is 1. The number of halogens is 4. The first-order valence-electron chi connectivity index (χ1n) is 8.50. The number of carbonyl (C=O) groups excluding carboxylic acids is 1. The minimum atomic E-state index is -4.65. The third-order valence-electron chi connectivity index (χ3n) is 4.46.